The maximum absolute atomic E-state index is 4.84. The van der Waals surface area contributed by atoms with Crippen molar-refractivity contribution in [2.45, 2.75) is 200 Å². The van der Waals surface area contributed by atoms with Crippen molar-refractivity contribution in [3.8, 4) is 0 Å². The van der Waals surface area contributed by atoms with Crippen LogP contribution in [0, 0.1) is 0 Å². The van der Waals surface area contributed by atoms with E-state index in [1.165, 1.54) is 205 Å². The highest BCUT2D eigenvalue weighted by molar-refractivity contribution is 5.83. The van der Waals surface area contributed by atoms with Gasteiger partial charge in [-0.3, -0.25) is 4.99 Å². The minimum absolute atomic E-state index is 1.04. The Balaban J connectivity index is 1.84. The SMILES string of the molecule is CCCCCCCCC=CCCCCCCCCC1=NCCN1CCCCCCCCC=CCCCCCCCC. The monoisotopic (exact) mass is 571 g/mol. The molecule has 0 amide bonds. The van der Waals surface area contributed by atoms with E-state index in [2.05, 4.69) is 43.1 Å². The predicted octanol–water partition coefficient (Wildman–Crippen LogP) is 13.2. The van der Waals surface area contributed by atoms with Crippen LogP contribution in [0.5, 0.6) is 0 Å². The fourth-order valence-corrected chi connectivity index (χ4v) is 6.09. The smallest absolute Gasteiger partial charge is 0.0990 e. The van der Waals surface area contributed by atoms with Crippen LogP contribution >= 0.6 is 0 Å². The molecule has 1 aliphatic rings. The van der Waals surface area contributed by atoms with Gasteiger partial charge in [0.05, 0.1) is 12.4 Å². The molecule has 1 heterocycles. The average Bonchev–Trinajstić information content (AvgIpc) is 3.43. The second kappa shape index (κ2) is 31.9. The van der Waals surface area contributed by atoms with E-state index in [1.54, 1.807) is 0 Å². The zero-order chi connectivity index (χ0) is 29.3. The molecule has 0 aromatic heterocycles. The number of rotatable bonds is 32. The molecule has 0 atom stereocenters. The van der Waals surface area contributed by atoms with Crippen molar-refractivity contribution in [3.63, 3.8) is 0 Å². The van der Waals surface area contributed by atoms with E-state index >= 15 is 0 Å². The molecule has 0 fully saturated rings. The van der Waals surface area contributed by atoms with Gasteiger partial charge >= 0.3 is 0 Å². The summed E-state index contributed by atoms with van der Waals surface area (Å²) in [5.74, 6) is 1.42. The molecule has 0 saturated heterocycles. The summed E-state index contributed by atoms with van der Waals surface area (Å²) in [5, 5.41) is 0. The molecule has 0 N–H and O–H groups in total. The van der Waals surface area contributed by atoms with E-state index in [-0.39, 0.29) is 0 Å². The number of amidine groups is 1. The van der Waals surface area contributed by atoms with Crippen LogP contribution in [0.25, 0.3) is 0 Å². The lowest BCUT2D eigenvalue weighted by Crippen LogP contribution is -2.28. The maximum atomic E-state index is 4.84. The normalized spacial score (nSPS) is 13.8. The Morgan fingerprint density at radius 1 is 0.463 bits per heavy atom. The molecular formula is C39H74N2. The molecule has 240 valence electrons. The molecule has 1 rings (SSSR count). The van der Waals surface area contributed by atoms with Crippen LogP contribution in [0.15, 0.2) is 29.3 Å². The van der Waals surface area contributed by atoms with Gasteiger partial charge in [-0.1, -0.05) is 154 Å². The van der Waals surface area contributed by atoms with Crippen molar-refractivity contribution in [1.82, 2.24) is 4.90 Å². The molecule has 0 aromatic rings. The van der Waals surface area contributed by atoms with Crippen LogP contribution in [-0.2, 0) is 0 Å². The molecule has 0 saturated carbocycles. The van der Waals surface area contributed by atoms with E-state index in [0.717, 1.165) is 6.54 Å². The maximum Gasteiger partial charge on any atom is 0.0990 e. The van der Waals surface area contributed by atoms with Gasteiger partial charge in [0.15, 0.2) is 0 Å². The van der Waals surface area contributed by atoms with Crippen LogP contribution in [0.2, 0.25) is 0 Å². The summed E-state index contributed by atoms with van der Waals surface area (Å²) < 4.78 is 0. The minimum Gasteiger partial charge on any atom is -0.359 e. The molecular weight excluding hydrogens is 496 g/mol. The Labute approximate surface area is 259 Å². The molecule has 0 bridgehead atoms. The molecule has 0 radical (unpaired) electrons. The third-order valence-corrected chi connectivity index (χ3v) is 8.88. The second-order valence-corrected chi connectivity index (χ2v) is 12.9. The van der Waals surface area contributed by atoms with Gasteiger partial charge in [0.25, 0.3) is 0 Å². The molecule has 0 aliphatic carbocycles. The Hall–Kier alpha value is -1.05. The largest absolute Gasteiger partial charge is 0.359 e. The van der Waals surface area contributed by atoms with Crippen molar-refractivity contribution >= 4 is 5.84 Å². The number of allylic oxidation sites excluding steroid dienone is 4. The Bertz CT molecular complexity index is 605. The van der Waals surface area contributed by atoms with Gasteiger partial charge in [0, 0.05) is 19.5 Å². The van der Waals surface area contributed by atoms with Gasteiger partial charge in [-0.25, -0.2) is 0 Å². The minimum atomic E-state index is 1.04. The lowest BCUT2D eigenvalue weighted by atomic mass is 10.1. The fraction of sp³-hybridized carbons (Fsp3) is 0.872. The number of hydrogen-bond acceptors (Lipinski definition) is 2. The van der Waals surface area contributed by atoms with E-state index < -0.39 is 0 Å². The first-order valence-corrected chi connectivity index (χ1v) is 19.0. The lowest BCUT2D eigenvalue weighted by molar-refractivity contribution is 0.422. The van der Waals surface area contributed by atoms with Crippen molar-refractivity contribution in [2.24, 2.45) is 4.99 Å². The summed E-state index contributed by atoms with van der Waals surface area (Å²) in [6, 6.07) is 0. The predicted molar refractivity (Wildman–Crippen MR) is 187 cm³/mol. The topological polar surface area (TPSA) is 15.6 Å². The third-order valence-electron chi connectivity index (χ3n) is 8.88. The van der Waals surface area contributed by atoms with E-state index in [9.17, 15) is 0 Å². The van der Waals surface area contributed by atoms with E-state index in [4.69, 9.17) is 4.99 Å². The molecule has 2 heteroatoms. The highest BCUT2D eigenvalue weighted by Gasteiger charge is 2.15. The summed E-state index contributed by atoms with van der Waals surface area (Å²) in [6.07, 6.45) is 49.8. The summed E-state index contributed by atoms with van der Waals surface area (Å²) in [5.41, 5.74) is 0. The third kappa shape index (κ3) is 26.3. The van der Waals surface area contributed by atoms with Gasteiger partial charge in [0.1, 0.15) is 0 Å². The molecule has 0 unspecified atom stereocenters. The van der Waals surface area contributed by atoms with E-state index in [0.29, 0.717) is 0 Å². The van der Waals surface area contributed by atoms with Gasteiger partial charge in [0.2, 0.25) is 0 Å². The van der Waals surface area contributed by atoms with Crippen LogP contribution in [-0.4, -0.2) is 30.4 Å². The number of nitrogens with zero attached hydrogens (tertiary/aromatic N) is 2. The first-order valence-electron chi connectivity index (χ1n) is 19.0. The van der Waals surface area contributed by atoms with Crippen molar-refractivity contribution < 1.29 is 0 Å². The first-order chi connectivity index (χ1) is 20.4. The van der Waals surface area contributed by atoms with Gasteiger partial charge in [-0.05, 0) is 64.2 Å². The highest BCUT2D eigenvalue weighted by Crippen LogP contribution is 2.15. The van der Waals surface area contributed by atoms with Crippen LogP contribution in [0.4, 0.5) is 0 Å². The summed E-state index contributed by atoms with van der Waals surface area (Å²) >= 11 is 0. The second-order valence-electron chi connectivity index (χ2n) is 12.9. The summed E-state index contributed by atoms with van der Waals surface area (Å²) in [7, 11) is 0. The lowest BCUT2D eigenvalue weighted by Gasteiger charge is -2.20. The summed E-state index contributed by atoms with van der Waals surface area (Å²) in [4.78, 5) is 7.45. The first kappa shape index (κ1) is 38.0. The fourth-order valence-electron chi connectivity index (χ4n) is 6.09. The quantitative estimate of drug-likeness (QED) is 0.0580. The van der Waals surface area contributed by atoms with Crippen LogP contribution in [0.1, 0.15) is 200 Å². The van der Waals surface area contributed by atoms with Crippen molar-refractivity contribution in [1.29, 1.82) is 0 Å². The summed E-state index contributed by atoms with van der Waals surface area (Å²) in [6.45, 7) is 8.04. The van der Waals surface area contributed by atoms with Gasteiger partial charge in [-0.15, -0.1) is 0 Å². The highest BCUT2D eigenvalue weighted by atomic mass is 15.2. The Morgan fingerprint density at radius 2 is 0.829 bits per heavy atom. The zero-order valence-electron chi connectivity index (χ0n) is 28.3. The Kier molecular flexibility index (Phi) is 29.5. The molecule has 0 spiro atoms. The zero-order valence-corrected chi connectivity index (χ0v) is 28.3. The standard InChI is InChI=1S/C39H74N2/c1-3-5-7-9-11-13-15-17-19-21-23-25-27-29-31-33-35-39-40-36-38-41(39)37-34-32-30-28-26-24-22-20-18-16-14-12-10-8-6-4-2/h17-20H,3-16,21-38H2,1-2H3. The molecule has 1 aliphatic heterocycles. The average molecular weight is 571 g/mol. The van der Waals surface area contributed by atoms with Crippen molar-refractivity contribution in [2.75, 3.05) is 19.6 Å². The molecule has 41 heavy (non-hydrogen) atoms. The van der Waals surface area contributed by atoms with Crippen molar-refractivity contribution in [3.05, 3.63) is 24.3 Å². The van der Waals surface area contributed by atoms with E-state index in [1.807, 2.05) is 0 Å². The van der Waals surface area contributed by atoms with Gasteiger partial charge in [-0.2, -0.15) is 0 Å². The molecule has 0 aromatic carbocycles. The number of unbranched alkanes of at least 4 members (excludes halogenated alkanes) is 24. The van der Waals surface area contributed by atoms with Crippen LogP contribution < -0.4 is 0 Å². The van der Waals surface area contributed by atoms with Gasteiger partial charge < -0.3 is 4.90 Å². The Morgan fingerprint density at radius 3 is 1.27 bits per heavy atom. The molecule has 2 nitrogen and oxygen atoms in total. The van der Waals surface area contributed by atoms with Crippen LogP contribution in [0.3, 0.4) is 0 Å². The number of aliphatic imine (C=N–C) groups is 1. The number of hydrogen-bond donors (Lipinski definition) is 0.